The fourth-order valence-electron chi connectivity index (χ4n) is 1.57. The molecule has 1 aromatic carbocycles. The maximum atomic E-state index is 4.13. The van der Waals surface area contributed by atoms with E-state index < -0.39 is 0 Å². The predicted octanol–water partition coefficient (Wildman–Crippen LogP) is 4.58. The minimum Gasteiger partial charge on any atom is -0.313 e. The van der Waals surface area contributed by atoms with Crippen LogP contribution in [-0.4, -0.2) is 7.05 Å². The molecule has 1 atom stereocenters. The van der Waals surface area contributed by atoms with Gasteiger partial charge in [0, 0.05) is 6.04 Å². The molecule has 1 nitrogen and oxygen atoms in total. The lowest BCUT2D eigenvalue weighted by atomic mass is 9.94. The first-order chi connectivity index (χ1) is 8.15. The Morgan fingerprint density at radius 2 is 1.71 bits per heavy atom. The Morgan fingerprint density at radius 3 is 2.12 bits per heavy atom. The van der Waals surface area contributed by atoms with Gasteiger partial charge in [0.2, 0.25) is 0 Å². The van der Waals surface area contributed by atoms with E-state index in [0.717, 1.165) is 6.42 Å². The Kier molecular flexibility index (Phi) is 8.43. The first-order valence-corrected chi connectivity index (χ1v) is 6.55. The second-order valence-corrected chi connectivity index (χ2v) is 4.27. The molecule has 0 aromatic heterocycles. The maximum absolute atomic E-state index is 4.13. The molecule has 0 spiro atoms. The minimum absolute atomic E-state index is 0.390. The van der Waals surface area contributed by atoms with Crippen LogP contribution < -0.4 is 5.32 Å². The van der Waals surface area contributed by atoms with Crippen molar-refractivity contribution in [1.82, 2.24) is 5.32 Å². The normalized spacial score (nSPS) is 11.6. The van der Waals surface area contributed by atoms with Crippen LogP contribution in [0.3, 0.4) is 0 Å². The van der Waals surface area contributed by atoms with Crippen molar-refractivity contribution >= 4 is 0 Å². The van der Waals surface area contributed by atoms with Crippen LogP contribution in [0.5, 0.6) is 0 Å². The van der Waals surface area contributed by atoms with Gasteiger partial charge < -0.3 is 5.32 Å². The van der Waals surface area contributed by atoms with Gasteiger partial charge in [-0.3, -0.25) is 0 Å². The lowest BCUT2D eigenvalue weighted by Gasteiger charge is -2.19. The van der Waals surface area contributed by atoms with E-state index in [1.165, 1.54) is 11.1 Å². The summed E-state index contributed by atoms with van der Waals surface area (Å²) >= 11 is 0. The summed E-state index contributed by atoms with van der Waals surface area (Å²) in [5, 5.41) is 3.34. The molecule has 0 fully saturated rings. The van der Waals surface area contributed by atoms with Gasteiger partial charge in [0.15, 0.2) is 0 Å². The minimum atomic E-state index is 0.390. The summed E-state index contributed by atoms with van der Waals surface area (Å²) in [4.78, 5) is 0. The van der Waals surface area contributed by atoms with Crippen LogP contribution in [0.4, 0.5) is 0 Å². The predicted molar refractivity (Wildman–Crippen MR) is 78.2 cm³/mol. The van der Waals surface area contributed by atoms with E-state index >= 15 is 0 Å². The molecule has 1 aromatic rings. The molecule has 0 saturated carbocycles. The third kappa shape index (κ3) is 5.69. The molecule has 0 aliphatic rings. The van der Waals surface area contributed by atoms with Crippen LogP contribution in [0.1, 0.15) is 45.7 Å². The van der Waals surface area contributed by atoms with E-state index in [-0.39, 0.29) is 0 Å². The van der Waals surface area contributed by atoms with Crippen molar-refractivity contribution in [2.75, 3.05) is 7.05 Å². The van der Waals surface area contributed by atoms with E-state index in [0.29, 0.717) is 12.0 Å². The summed E-state index contributed by atoms with van der Waals surface area (Å²) in [6, 6.07) is 10.9. The van der Waals surface area contributed by atoms with Gasteiger partial charge in [-0.1, -0.05) is 70.2 Å². The fourth-order valence-corrected chi connectivity index (χ4v) is 1.57. The van der Waals surface area contributed by atoms with Gasteiger partial charge in [-0.15, -0.1) is 0 Å². The van der Waals surface area contributed by atoms with Crippen molar-refractivity contribution < 1.29 is 0 Å². The van der Waals surface area contributed by atoms with Crippen LogP contribution in [0.15, 0.2) is 42.5 Å². The molecule has 1 rings (SSSR count). The summed E-state index contributed by atoms with van der Waals surface area (Å²) < 4.78 is 0. The van der Waals surface area contributed by atoms with Crippen molar-refractivity contribution in [3.05, 3.63) is 48.0 Å². The standard InChI is InChI=1S/C14H21N.C2H6/c1-11(2)12(3)10-14(15-4)13-8-6-5-7-9-13;1-2/h5-9,11,14-15H,3,10H2,1-2,4H3;1-2H3. The molecule has 96 valence electrons. The highest BCUT2D eigenvalue weighted by molar-refractivity contribution is 5.20. The largest absolute Gasteiger partial charge is 0.313 e. The van der Waals surface area contributed by atoms with Crippen LogP contribution in [0.25, 0.3) is 0 Å². The maximum Gasteiger partial charge on any atom is 0.0355 e. The van der Waals surface area contributed by atoms with Crippen molar-refractivity contribution in [2.45, 2.75) is 40.2 Å². The first kappa shape index (κ1) is 15.9. The first-order valence-electron chi connectivity index (χ1n) is 6.55. The van der Waals surface area contributed by atoms with Crippen LogP contribution >= 0.6 is 0 Å². The number of hydrogen-bond acceptors (Lipinski definition) is 1. The molecule has 1 unspecified atom stereocenters. The SMILES string of the molecule is C=C(CC(NC)c1ccccc1)C(C)C.CC. The number of benzene rings is 1. The zero-order valence-electron chi connectivity index (χ0n) is 12.0. The van der Waals surface area contributed by atoms with Crippen LogP contribution in [0.2, 0.25) is 0 Å². The monoisotopic (exact) mass is 233 g/mol. The molecule has 0 heterocycles. The van der Waals surface area contributed by atoms with Gasteiger partial charge in [-0.05, 0) is 24.9 Å². The van der Waals surface area contributed by atoms with E-state index in [9.17, 15) is 0 Å². The molecule has 0 saturated heterocycles. The molecule has 17 heavy (non-hydrogen) atoms. The van der Waals surface area contributed by atoms with Crippen molar-refractivity contribution in [1.29, 1.82) is 0 Å². The highest BCUT2D eigenvalue weighted by atomic mass is 14.9. The lowest BCUT2D eigenvalue weighted by molar-refractivity contribution is 0.557. The average Bonchev–Trinajstić information content (AvgIpc) is 2.38. The molecule has 1 N–H and O–H groups in total. The fraction of sp³-hybridized carbons (Fsp3) is 0.500. The van der Waals surface area contributed by atoms with Gasteiger partial charge in [-0.25, -0.2) is 0 Å². The van der Waals surface area contributed by atoms with E-state index in [2.05, 4.69) is 50.0 Å². The van der Waals surface area contributed by atoms with Crippen LogP contribution in [0, 0.1) is 5.92 Å². The molecular formula is C16H27N. The molecule has 1 heteroatoms. The zero-order valence-corrected chi connectivity index (χ0v) is 12.0. The number of rotatable bonds is 5. The van der Waals surface area contributed by atoms with Gasteiger partial charge in [0.25, 0.3) is 0 Å². The second-order valence-electron chi connectivity index (χ2n) is 4.27. The molecule has 0 amide bonds. The highest BCUT2D eigenvalue weighted by Crippen LogP contribution is 2.23. The average molecular weight is 233 g/mol. The van der Waals surface area contributed by atoms with Crippen molar-refractivity contribution in [3.8, 4) is 0 Å². The third-order valence-electron chi connectivity index (χ3n) is 2.83. The summed E-state index contributed by atoms with van der Waals surface area (Å²) in [7, 11) is 2.01. The topological polar surface area (TPSA) is 12.0 Å². The molecule has 0 aliphatic carbocycles. The lowest BCUT2D eigenvalue weighted by Crippen LogP contribution is -2.17. The van der Waals surface area contributed by atoms with E-state index in [1.54, 1.807) is 0 Å². The Hall–Kier alpha value is -1.08. The second kappa shape index (κ2) is 9.00. The summed E-state index contributed by atoms with van der Waals surface area (Å²) in [6.07, 6.45) is 1.01. The Labute approximate surface area is 107 Å². The van der Waals surface area contributed by atoms with Crippen molar-refractivity contribution in [3.63, 3.8) is 0 Å². The van der Waals surface area contributed by atoms with Gasteiger partial charge in [0.05, 0.1) is 0 Å². The van der Waals surface area contributed by atoms with Gasteiger partial charge in [-0.2, -0.15) is 0 Å². The summed E-state index contributed by atoms with van der Waals surface area (Å²) in [6.45, 7) is 12.5. The Bertz CT molecular complexity index is 301. The highest BCUT2D eigenvalue weighted by Gasteiger charge is 2.11. The van der Waals surface area contributed by atoms with E-state index in [1.807, 2.05) is 27.0 Å². The molecule has 0 aliphatic heterocycles. The molecule has 0 bridgehead atoms. The quantitative estimate of drug-likeness (QED) is 0.734. The number of hydrogen-bond donors (Lipinski definition) is 1. The smallest absolute Gasteiger partial charge is 0.0355 e. The van der Waals surface area contributed by atoms with Gasteiger partial charge in [0.1, 0.15) is 0 Å². The van der Waals surface area contributed by atoms with Crippen LogP contribution in [-0.2, 0) is 0 Å². The zero-order chi connectivity index (χ0) is 13.3. The van der Waals surface area contributed by atoms with Crippen molar-refractivity contribution in [2.24, 2.45) is 5.92 Å². The van der Waals surface area contributed by atoms with E-state index in [4.69, 9.17) is 0 Å². The number of nitrogens with one attached hydrogen (secondary N) is 1. The summed E-state index contributed by atoms with van der Waals surface area (Å²) in [5.41, 5.74) is 2.64. The summed E-state index contributed by atoms with van der Waals surface area (Å²) in [5.74, 6) is 0.560. The molecular weight excluding hydrogens is 206 g/mol. The Morgan fingerprint density at radius 1 is 1.18 bits per heavy atom. The molecule has 0 radical (unpaired) electrons. The Balaban J connectivity index is 0.00000121. The van der Waals surface area contributed by atoms with Gasteiger partial charge >= 0.3 is 0 Å². The third-order valence-corrected chi connectivity index (χ3v) is 2.83.